The van der Waals surface area contributed by atoms with Gasteiger partial charge in [-0.2, -0.15) is 16.7 Å². The maximum Gasteiger partial charge on any atom is 0.243 e. The number of nitrogens with one attached hydrogen (secondary N) is 1. The Bertz CT molecular complexity index is 430. The van der Waals surface area contributed by atoms with Crippen molar-refractivity contribution in [2.75, 3.05) is 5.75 Å². The molecule has 1 N–H and O–H groups in total. The molecule has 3 aliphatic rings. The van der Waals surface area contributed by atoms with Crippen LogP contribution in [0.3, 0.4) is 0 Å². The molecule has 4 rings (SSSR count). The van der Waals surface area contributed by atoms with Crippen LogP contribution in [-0.4, -0.2) is 21.9 Å². The molecule has 0 spiro atoms. The van der Waals surface area contributed by atoms with E-state index in [-0.39, 0.29) is 0 Å². The van der Waals surface area contributed by atoms with E-state index in [1.807, 2.05) is 11.8 Å². The van der Waals surface area contributed by atoms with Crippen LogP contribution in [0.1, 0.15) is 68.0 Å². The van der Waals surface area contributed by atoms with E-state index >= 15 is 0 Å². The lowest BCUT2D eigenvalue weighted by atomic mass is 9.85. The van der Waals surface area contributed by atoms with Crippen molar-refractivity contribution in [3.8, 4) is 0 Å². The normalized spacial score (nSPS) is 38.5. The third-order valence-electron chi connectivity index (χ3n) is 4.84. The SMILES string of the molecule is C1CSC(c2noc(C3CC4CCCCC4N3)n2)C1. The van der Waals surface area contributed by atoms with Crippen molar-refractivity contribution < 1.29 is 4.52 Å². The van der Waals surface area contributed by atoms with E-state index in [4.69, 9.17) is 4.52 Å². The van der Waals surface area contributed by atoms with Crippen molar-refractivity contribution in [1.82, 2.24) is 15.5 Å². The van der Waals surface area contributed by atoms with Crippen LogP contribution in [-0.2, 0) is 0 Å². The van der Waals surface area contributed by atoms with Crippen LogP contribution in [0.5, 0.6) is 0 Å². The van der Waals surface area contributed by atoms with Crippen molar-refractivity contribution in [2.24, 2.45) is 5.92 Å². The highest BCUT2D eigenvalue weighted by atomic mass is 32.2. The average molecular weight is 279 g/mol. The van der Waals surface area contributed by atoms with Crippen LogP contribution in [0.2, 0.25) is 0 Å². The summed E-state index contributed by atoms with van der Waals surface area (Å²) in [6.45, 7) is 0. The van der Waals surface area contributed by atoms with Crippen LogP contribution in [0.4, 0.5) is 0 Å². The molecule has 3 fully saturated rings. The molecule has 3 heterocycles. The lowest BCUT2D eigenvalue weighted by Gasteiger charge is -2.24. The first kappa shape index (κ1) is 12.2. The molecule has 19 heavy (non-hydrogen) atoms. The van der Waals surface area contributed by atoms with Gasteiger partial charge in [0.2, 0.25) is 5.89 Å². The average Bonchev–Trinajstić information content (AvgIpc) is 3.17. The molecule has 0 radical (unpaired) electrons. The summed E-state index contributed by atoms with van der Waals surface area (Å²) in [5.74, 6) is 3.82. The first-order valence-corrected chi connectivity index (χ1v) is 8.66. The van der Waals surface area contributed by atoms with Gasteiger partial charge in [0.1, 0.15) is 0 Å². The Kier molecular flexibility index (Phi) is 3.27. The summed E-state index contributed by atoms with van der Waals surface area (Å²) < 4.78 is 5.53. The number of hydrogen-bond acceptors (Lipinski definition) is 5. The topological polar surface area (TPSA) is 51.0 Å². The molecule has 1 saturated carbocycles. The molecule has 5 heteroatoms. The van der Waals surface area contributed by atoms with Gasteiger partial charge in [0.15, 0.2) is 5.82 Å². The third kappa shape index (κ3) is 2.31. The lowest BCUT2D eigenvalue weighted by Crippen LogP contribution is -2.30. The smallest absolute Gasteiger partial charge is 0.243 e. The quantitative estimate of drug-likeness (QED) is 0.900. The summed E-state index contributed by atoms with van der Waals surface area (Å²) in [5.41, 5.74) is 0. The fourth-order valence-electron chi connectivity index (χ4n) is 3.81. The second-order valence-corrected chi connectivity index (χ2v) is 7.41. The zero-order chi connectivity index (χ0) is 12.7. The van der Waals surface area contributed by atoms with Gasteiger partial charge in [-0.3, -0.25) is 0 Å². The van der Waals surface area contributed by atoms with Crippen LogP contribution in [0, 0.1) is 5.92 Å². The highest BCUT2D eigenvalue weighted by Gasteiger charge is 2.38. The van der Waals surface area contributed by atoms with Gasteiger partial charge >= 0.3 is 0 Å². The molecule has 2 saturated heterocycles. The Morgan fingerprint density at radius 1 is 1.16 bits per heavy atom. The summed E-state index contributed by atoms with van der Waals surface area (Å²) in [5, 5.41) is 8.40. The minimum absolute atomic E-state index is 0.306. The molecule has 4 unspecified atom stereocenters. The maximum absolute atomic E-state index is 5.53. The van der Waals surface area contributed by atoms with Gasteiger partial charge in [0.05, 0.1) is 11.3 Å². The number of fused-ring (bicyclic) bond motifs is 1. The summed E-state index contributed by atoms with van der Waals surface area (Å²) in [6, 6.07) is 0.996. The number of aromatic nitrogens is 2. The molecule has 1 aromatic heterocycles. The van der Waals surface area contributed by atoms with E-state index in [1.165, 1.54) is 50.7 Å². The van der Waals surface area contributed by atoms with E-state index in [0.29, 0.717) is 17.3 Å². The molecule has 104 valence electrons. The Labute approximate surface area is 118 Å². The molecule has 0 amide bonds. The van der Waals surface area contributed by atoms with E-state index in [2.05, 4.69) is 15.5 Å². The predicted octanol–water partition coefficient (Wildman–Crippen LogP) is 3.23. The predicted molar refractivity (Wildman–Crippen MR) is 75.0 cm³/mol. The minimum Gasteiger partial charge on any atom is -0.338 e. The molecular weight excluding hydrogens is 258 g/mol. The molecule has 4 atom stereocenters. The maximum atomic E-state index is 5.53. The second kappa shape index (κ2) is 5.09. The Hall–Kier alpha value is -0.550. The molecule has 1 aromatic rings. The first-order chi connectivity index (χ1) is 9.40. The van der Waals surface area contributed by atoms with E-state index in [1.54, 1.807) is 0 Å². The van der Waals surface area contributed by atoms with Crippen LogP contribution >= 0.6 is 11.8 Å². The summed E-state index contributed by atoms with van der Waals surface area (Å²) in [6.07, 6.45) is 9.12. The summed E-state index contributed by atoms with van der Waals surface area (Å²) in [4.78, 5) is 4.67. The van der Waals surface area contributed by atoms with Crippen molar-refractivity contribution >= 4 is 11.8 Å². The van der Waals surface area contributed by atoms with Crippen molar-refractivity contribution in [1.29, 1.82) is 0 Å². The first-order valence-electron chi connectivity index (χ1n) is 7.61. The van der Waals surface area contributed by atoms with E-state index in [0.717, 1.165) is 17.6 Å². The zero-order valence-electron chi connectivity index (χ0n) is 11.2. The molecule has 0 aromatic carbocycles. The second-order valence-electron chi connectivity index (χ2n) is 6.10. The van der Waals surface area contributed by atoms with Gasteiger partial charge in [-0.25, -0.2) is 0 Å². The van der Waals surface area contributed by atoms with Crippen molar-refractivity contribution in [3.63, 3.8) is 0 Å². The summed E-state index contributed by atoms with van der Waals surface area (Å²) >= 11 is 1.97. The third-order valence-corrected chi connectivity index (χ3v) is 6.21. The van der Waals surface area contributed by atoms with Crippen LogP contribution < -0.4 is 5.32 Å². The van der Waals surface area contributed by atoms with Gasteiger partial charge in [-0.15, -0.1) is 0 Å². The van der Waals surface area contributed by atoms with Gasteiger partial charge in [-0.1, -0.05) is 18.0 Å². The highest BCUT2D eigenvalue weighted by Crippen LogP contribution is 2.41. The van der Waals surface area contributed by atoms with Gasteiger partial charge in [0, 0.05) is 6.04 Å². The fraction of sp³-hybridized carbons (Fsp3) is 0.857. The highest BCUT2D eigenvalue weighted by molar-refractivity contribution is 7.99. The molecule has 0 bridgehead atoms. The Balaban J connectivity index is 1.47. The fourth-order valence-corrected chi connectivity index (χ4v) is 5.01. The lowest BCUT2D eigenvalue weighted by molar-refractivity contribution is 0.324. The Morgan fingerprint density at radius 3 is 2.95 bits per heavy atom. The molecule has 1 aliphatic carbocycles. The molecular formula is C14H21N3OS. The van der Waals surface area contributed by atoms with Gasteiger partial charge < -0.3 is 9.84 Å². The summed E-state index contributed by atoms with van der Waals surface area (Å²) in [7, 11) is 0. The van der Waals surface area contributed by atoms with E-state index in [9.17, 15) is 0 Å². The Morgan fingerprint density at radius 2 is 2.11 bits per heavy atom. The van der Waals surface area contributed by atoms with Crippen molar-refractivity contribution in [3.05, 3.63) is 11.7 Å². The standard InChI is InChI=1S/C14H21N3OS/c1-2-5-10-9(4-1)8-11(15-10)14-16-13(17-18-14)12-6-3-7-19-12/h9-12,15H,1-8H2. The van der Waals surface area contributed by atoms with Crippen LogP contribution in [0.15, 0.2) is 4.52 Å². The molecule has 2 aliphatic heterocycles. The van der Waals surface area contributed by atoms with Gasteiger partial charge in [-0.05, 0) is 43.8 Å². The zero-order valence-corrected chi connectivity index (χ0v) is 12.0. The number of rotatable bonds is 2. The van der Waals surface area contributed by atoms with Gasteiger partial charge in [0.25, 0.3) is 0 Å². The largest absolute Gasteiger partial charge is 0.338 e. The van der Waals surface area contributed by atoms with Crippen molar-refractivity contribution in [2.45, 2.75) is 62.3 Å². The van der Waals surface area contributed by atoms with E-state index < -0.39 is 0 Å². The number of nitrogens with zero attached hydrogens (tertiary/aromatic N) is 2. The number of thioether (sulfide) groups is 1. The number of hydrogen-bond donors (Lipinski definition) is 1. The minimum atomic E-state index is 0.306. The monoisotopic (exact) mass is 279 g/mol. The van der Waals surface area contributed by atoms with Crippen LogP contribution in [0.25, 0.3) is 0 Å². The molecule has 4 nitrogen and oxygen atoms in total.